The zero-order chi connectivity index (χ0) is 35.9. The van der Waals surface area contributed by atoms with Crippen LogP contribution in [0.3, 0.4) is 0 Å². The summed E-state index contributed by atoms with van der Waals surface area (Å²) in [5, 5.41) is 6.77. The number of H-pyrrole nitrogens is 1. The van der Waals surface area contributed by atoms with Crippen LogP contribution in [0.4, 0.5) is 0 Å². The second-order valence-corrected chi connectivity index (χ2v) is 14.1. The van der Waals surface area contributed by atoms with Crippen molar-refractivity contribution in [3.63, 3.8) is 0 Å². The summed E-state index contributed by atoms with van der Waals surface area (Å²) >= 11 is 6.12. The van der Waals surface area contributed by atoms with Crippen LogP contribution in [0.25, 0.3) is 10.9 Å². The van der Waals surface area contributed by atoms with Gasteiger partial charge in [0.25, 0.3) is 5.91 Å². The van der Waals surface area contributed by atoms with Gasteiger partial charge < -0.3 is 30.2 Å². The summed E-state index contributed by atoms with van der Waals surface area (Å²) in [6.07, 6.45) is 6.83. The molecular weight excluding hydrogens is 666 g/mol. The molecule has 10 nitrogen and oxygen atoms in total. The van der Waals surface area contributed by atoms with Crippen molar-refractivity contribution in [2.24, 2.45) is 17.8 Å². The number of fused-ring (bicyclic) bond motifs is 2. The van der Waals surface area contributed by atoms with Gasteiger partial charge >= 0.3 is 0 Å². The van der Waals surface area contributed by atoms with Gasteiger partial charge in [0.15, 0.2) is 0 Å². The third-order valence-corrected chi connectivity index (χ3v) is 10.2. The SMILES string of the molecule is CCCc1ccccc1.CNC(=O)CNC(=O)C1CN(C(=O)Cc2c[nH]c3cc(Cl)ccc23)CC2CN(C(=O)c3ccc(OC4CC4)cc3)CC21. The number of aromatic amines is 1. The molecule has 4 amide bonds. The lowest BCUT2D eigenvalue weighted by atomic mass is 9.79. The molecule has 3 aliphatic rings. The first-order valence-corrected chi connectivity index (χ1v) is 18.2. The van der Waals surface area contributed by atoms with Crippen molar-refractivity contribution in [1.82, 2.24) is 25.4 Å². The molecule has 1 saturated carbocycles. The van der Waals surface area contributed by atoms with E-state index in [4.69, 9.17) is 16.3 Å². The van der Waals surface area contributed by atoms with Gasteiger partial charge in [-0.25, -0.2) is 0 Å². The van der Waals surface area contributed by atoms with Crippen LogP contribution in [0.5, 0.6) is 5.75 Å². The first-order chi connectivity index (χ1) is 24.7. The third-order valence-electron chi connectivity index (χ3n) is 9.94. The van der Waals surface area contributed by atoms with E-state index in [9.17, 15) is 19.2 Å². The molecule has 0 radical (unpaired) electrons. The number of piperidine rings is 1. The van der Waals surface area contributed by atoms with Gasteiger partial charge in [-0.2, -0.15) is 0 Å². The zero-order valence-electron chi connectivity index (χ0n) is 29.2. The Kier molecular flexibility index (Phi) is 11.6. The fraction of sp³-hybridized carbons (Fsp3) is 0.400. The second-order valence-electron chi connectivity index (χ2n) is 13.7. The summed E-state index contributed by atoms with van der Waals surface area (Å²) in [7, 11) is 1.51. The molecule has 4 aromatic rings. The molecule has 268 valence electrons. The summed E-state index contributed by atoms with van der Waals surface area (Å²) in [4.78, 5) is 59.0. The summed E-state index contributed by atoms with van der Waals surface area (Å²) in [6, 6.07) is 23.3. The number of likely N-dealkylation sites (N-methyl/N-ethyl adjacent to an activating group) is 1. The number of hydrogen-bond acceptors (Lipinski definition) is 5. The van der Waals surface area contributed by atoms with Crippen LogP contribution >= 0.6 is 11.6 Å². The van der Waals surface area contributed by atoms with Gasteiger partial charge in [-0.05, 0) is 78.6 Å². The lowest BCUT2D eigenvalue weighted by Gasteiger charge is -2.39. The maximum absolute atomic E-state index is 13.6. The maximum Gasteiger partial charge on any atom is 0.253 e. The van der Waals surface area contributed by atoms with Crippen molar-refractivity contribution in [2.75, 3.05) is 39.8 Å². The summed E-state index contributed by atoms with van der Waals surface area (Å²) in [6.45, 7) is 3.59. The van der Waals surface area contributed by atoms with E-state index in [1.165, 1.54) is 25.5 Å². The van der Waals surface area contributed by atoms with Crippen molar-refractivity contribution < 1.29 is 23.9 Å². The highest BCUT2D eigenvalue weighted by molar-refractivity contribution is 6.31. The molecule has 3 fully saturated rings. The van der Waals surface area contributed by atoms with Gasteiger partial charge in [-0.1, -0.05) is 61.3 Å². The highest BCUT2D eigenvalue weighted by atomic mass is 35.5. The van der Waals surface area contributed by atoms with Crippen molar-refractivity contribution in [3.05, 3.63) is 101 Å². The van der Waals surface area contributed by atoms with Crippen LogP contribution in [-0.2, 0) is 27.2 Å². The van der Waals surface area contributed by atoms with Gasteiger partial charge in [0, 0.05) is 60.9 Å². The van der Waals surface area contributed by atoms with Crippen molar-refractivity contribution in [1.29, 1.82) is 0 Å². The van der Waals surface area contributed by atoms with Gasteiger partial charge in [-0.3, -0.25) is 19.2 Å². The molecule has 0 spiro atoms. The number of ether oxygens (including phenoxy) is 1. The molecule has 11 heteroatoms. The number of rotatable bonds is 10. The molecule has 3 aromatic carbocycles. The normalized spacial score (nSPS) is 19.5. The number of hydrogen-bond donors (Lipinski definition) is 3. The van der Waals surface area contributed by atoms with E-state index < -0.39 is 5.92 Å². The van der Waals surface area contributed by atoms with E-state index in [0.717, 1.165) is 35.1 Å². The molecule has 7 rings (SSSR count). The molecular formula is C40H46ClN5O5. The standard InChI is InChI=1S/C31H34ClN5O5.C9H12/c1-33-28(38)13-35-30(40)26-17-36(29(39)10-19-12-34-27-11-21(32)4-9-24(19)27)14-20-15-37(16-25(20)26)31(41)18-2-5-22(6-3-18)42-23-7-8-23;1-2-6-9-7-4-3-5-8-9/h2-6,9,11-12,20,23,25-26,34H,7-8,10,13-17H2,1H3,(H,33,38)(H,35,40);3-5,7-8H,2,6H2,1H3. The number of nitrogens with one attached hydrogen (secondary N) is 3. The third kappa shape index (κ3) is 9.10. The van der Waals surface area contributed by atoms with E-state index >= 15 is 0 Å². The molecule has 1 aliphatic carbocycles. The van der Waals surface area contributed by atoms with E-state index in [2.05, 4.69) is 52.9 Å². The number of aromatic nitrogens is 1. The predicted molar refractivity (Wildman–Crippen MR) is 198 cm³/mol. The first kappa shape index (κ1) is 36.0. The second kappa shape index (κ2) is 16.5. The number of aryl methyl sites for hydroxylation is 1. The van der Waals surface area contributed by atoms with Gasteiger partial charge in [0.05, 0.1) is 25.0 Å². The van der Waals surface area contributed by atoms with Crippen molar-refractivity contribution in [3.8, 4) is 5.75 Å². The smallest absolute Gasteiger partial charge is 0.253 e. The Morgan fingerprint density at radius 3 is 2.37 bits per heavy atom. The Hall–Kier alpha value is -4.83. The van der Waals surface area contributed by atoms with Gasteiger partial charge in [0.1, 0.15) is 5.75 Å². The number of nitrogens with zero attached hydrogens (tertiary/aromatic N) is 2. The topological polar surface area (TPSA) is 124 Å². The molecule has 0 bridgehead atoms. The molecule has 2 saturated heterocycles. The quantitative estimate of drug-likeness (QED) is 0.207. The highest BCUT2D eigenvalue weighted by Gasteiger charge is 2.47. The van der Waals surface area contributed by atoms with Crippen LogP contribution in [0.1, 0.15) is 47.7 Å². The first-order valence-electron chi connectivity index (χ1n) is 17.8. The number of halogens is 1. The van der Waals surface area contributed by atoms with Crippen LogP contribution < -0.4 is 15.4 Å². The minimum absolute atomic E-state index is 0.0679. The Morgan fingerprint density at radius 1 is 0.922 bits per heavy atom. The summed E-state index contributed by atoms with van der Waals surface area (Å²) < 4.78 is 5.81. The average Bonchev–Trinajstić information content (AvgIpc) is 3.72. The van der Waals surface area contributed by atoms with Crippen LogP contribution in [0, 0.1) is 17.8 Å². The number of benzene rings is 3. The molecule has 3 atom stereocenters. The minimum atomic E-state index is -0.550. The van der Waals surface area contributed by atoms with Crippen LogP contribution in [-0.4, -0.2) is 84.3 Å². The number of carbonyl (C=O) groups excluding carboxylic acids is 4. The van der Waals surface area contributed by atoms with Gasteiger partial charge in [0.2, 0.25) is 17.7 Å². The molecule has 3 heterocycles. The molecule has 3 unspecified atom stereocenters. The lowest BCUT2D eigenvalue weighted by molar-refractivity contribution is -0.139. The molecule has 1 aromatic heterocycles. The van der Waals surface area contributed by atoms with Crippen LogP contribution in [0.15, 0.2) is 79.0 Å². The van der Waals surface area contributed by atoms with Crippen LogP contribution in [0.2, 0.25) is 5.02 Å². The number of likely N-dealkylation sites (tertiary alicyclic amines) is 2. The summed E-state index contributed by atoms with van der Waals surface area (Å²) in [5.74, 6) is -0.788. The fourth-order valence-corrected chi connectivity index (χ4v) is 7.23. The Balaban J connectivity index is 0.000000435. The van der Waals surface area contributed by atoms with E-state index in [-0.39, 0.29) is 61.1 Å². The summed E-state index contributed by atoms with van der Waals surface area (Å²) in [5.41, 5.74) is 3.71. The molecule has 2 aliphatic heterocycles. The molecule has 51 heavy (non-hydrogen) atoms. The minimum Gasteiger partial charge on any atom is -0.490 e. The Labute approximate surface area is 303 Å². The zero-order valence-corrected chi connectivity index (χ0v) is 30.0. The largest absolute Gasteiger partial charge is 0.490 e. The Bertz CT molecular complexity index is 1840. The number of amides is 4. The van der Waals surface area contributed by atoms with Crippen molar-refractivity contribution in [2.45, 2.75) is 45.1 Å². The lowest BCUT2D eigenvalue weighted by Crippen LogP contribution is -2.54. The Morgan fingerprint density at radius 2 is 1.67 bits per heavy atom. The van der Waals surface area contributed by atoms with E-state index in [1.807, 2.05) is 30.5 Å². The predicted octanol–water partition coefficient (Wildman–Crippen LogP) is 5.25. The highest BCUT2D eigenvalue weighted by Crippen LogP contribution is 2.37. The maximum atomic E-state index is 13.6. The molecule has 3 N–H and O–H groups in total. The van der Waals surface area contributed by atoms with E-state index in [0.29, 0.717) is 30.2 Å². The number of carbonyl (C=O) groups is 4. The fourth-order valence-electron chi connectivity index (χ4n) is 7.06. The van der Waals surface area contributed by atoms with E-state index in [1.54, 1.807) is 28.0 Å². The van der Waals surface area contributed by atoms with Crippen molar-refractivity contribution >= 4 is 46.1 Å². The average molecular weight is 712 g/mol. The van der Waals surface area contributed by atoms with Gasteiger partial charge in [-0.15, -0.1) is 0 Å². The monoisotopic (exact) mass is 711 g/mol.